The van der Waals surface area contributed by atoms with Gasteiger partial charge in [0, 0.05) is 4.47 Å². The van der Waals surface area contributed by atoms with Crippen LogP contribution in [0.15, 0.2) is 22.7 Å². The molecule has 0 saturated heterocycles. The van der Waals surface area contributed by atoms with Crippen molar-refractivity contribution in [2.24, 2.45) is 11.8 Å². The van der Waals surface area contributed by atoms with Crippen molar-refractivity contribution in [2.45, 2.75) is 33.8 Å². The van der Waals surface area contributed by atoms with Crippen LogP contribution >= 0.6 is 15.9 Å². The summed E-state index contributed by atoms with van der Waals surface area (Å²) in [6.07, 6.45) is 0.198. The molecule has 1 aromatic carbocycles. The molecule has 0 spiro atoms. The predicted octanol–water partition coefficient (Wildman–Crippen LogP) is 4.09. The van der Waals surface area contributed by atoms with Gasteiger partial charge in [-0.05, 0) is 30.0 Å². The Morgan fingerprint density at radius 3 is 2.12 bits per heavy atom. The molecule has 2 N–H and O–H groups in total. The number of nitrogens with two attached hydrogens (primary N) is 1. The zero-order valence-corrected chi connectivity index (χ0v) is 11.9. The van der Waals surface area contributed by atoms with E-state index in [0.29, 0.717) is 17.5 Å². The first-order valence-corrected chi connectivity index (χ1v) is 6.42. The van der Waals surface area contributed by atoms with E-state index < -0.39 is 0 Å². The molecule has 0 saturated carbocycles. The molecule has 0 unspecified atom stereocenters. The molecule has 0 aliphatic heterocycles. The SMILES string of the molecule is CC(C)C(Oc1ccc(Br)cc1N)C(C)C. The lowest BCUT2D eigenvalue weighted by Gasteiger charge is -2.26. The Hall–Kier alpha value is -0.700. The van der Waals surface area contributed by atoms with Crippen LogP contribution in [0.5, 0.6) is 5.75 Å². The second-order valence-electron chi connectivity index (χ2n) is 4.75. The van der Waals surface area contributed by atoms with Gasteiger partial charge in [0.1, 0.15) is 11.9 Å². The highest BCUT2D eigenvalue weighted by Gasteiger charge is 2.20. The van der Waals surface area contributed by atoms with Gasteiger partial charge in [-0.25, -0.2) is 0 Å². The normalized spacial score (nSPS) is 11.5. The number of halogens is 1. The molecule has 0 radical (unpaired) electrons. The molecule has 0 atom stereocenters. The van der Waals surface area contributed by atoms with Crippen LogP contribution in [0.1, 0.15) is 27.7 Å². The molecule has 2 nitrogen and oxygen atoms in total. The molecule has 0 bridgehead atoms. The van der Waals surface area contributed by atoms with Gasteiger partial charge in [0.2, 0.25) is 0 Å². The summed E-state index contributed by atoms with van der Waals surface area (Å²) < 4.78 is 6.95. The van der Waals surface area contributed by atoms with Crippen LogP contribution in [0.2, 0.25) is 0 Å². The van der Waals surface area contributed by atoms with Gasteiger partial charge in [-0.2, -0.15) is 0 Å². The molecular formula is C13H20BrNO. The van der Waals surface area contributed by atoms with E-state index in [1.165, 1.54) is 0 Å². The van der Waals surface area contributed by atoms with Crippen molar-refractivity contribution in [1.29, 1.82) is 0 Å². The van der Waals surface area contributed by atoms with Crippen LogP contribution in [0, 0.1) is 11.8 Å². The molecule has 0 aliphatic carbocycles. The highest BCUT2D eigenvalue weighted by molar-refractivity contribution is 9.10. The molecule has 16 heavy (non-hydrogen) atoms. The molecule has 1 rings (SSSR count). The fourth-order valence-corrected chi connectivity index (χ4v) is 2.19. The van der Waals surface area contributed by atoms with Crippen molar-refractivity contribution in [2.75, 3.05) is 5.73 Å². The smallest absolute Gasteiger partial charge is 0.142 e. The molecule has 3 heteroatoms. The topological polar surface area (TPSA) is 35.2 Å². The second-order valence-corrected chi connectivity index (χ2v) is 5.67. The molecule has 0 aromatic heterocycles. The Kier molecular flexibility index (Phi) is 4.66. The number of hydrogen-bond acceptors (Lipinski definition) is 2. The first-order chi connectivity index (χ1) is 7.41. The monoisotopic (exact) mass is 285 g/mol. The zero-order chi connectivity index (χ0) is 12.3. The Labute approximate surface area is 106 Å². The summed E-state index contributed by atoms with van der Waals surface area (Å²) in [5.41, 5.74) is 6.60. The molecule has 90 valence electrons. The molecule has 0 amide bonds. The van der Waals surface area contributed by atoms with Gasteiger partial charge in [0.25, 0.3) is 0 Å². The van der Waals surface area contributed by atoms with Crippen molar-refractivity contribution in [3.63, 3.8) is 0 Å². The number of nitrogen functional groups attached to an aromatic ring is 1. The van der Waals surface area contributed by atoms with Gasteiger partial charge in [0.15, 0.2) is 0 Å². The average molecular weight is 286 g/mol. The Morgan fingerprint density at radius 1 is 1.12 bits per heavy atom. The van der Waals surface area contributed by atoms with E-state index in [0.717, 1.165) is 10.2 Å². The summed E-state index contributed by atoms with van der Waals surface area (Å²) >= 11 is 3.38. The Balaban J connectivity index is 2.85. The van der Waals surface area contributed by atoms with E-state index >= 15 is 0 Å². The third kappa shape index (κ3) is 3.41. The average Bonchev–Trinajstić information content (AvgIpc) is 2.15. The van der Waals surface area contributed by atoms with E-state index in [9.17, 15) is 0 Å². The number of anilines is 1. The summed E-state index contributed by atoms with van der Waals surface area (Å²) in [5, 5.41) is 0. The second kappa shape index (κ2) is 5.58. The third-order valence-electron chi connectivity index (χ3n) is 2.55. The van der Waals surface area contributed by atoms with E-state index in [1.807, 2.05) is 18.2 Å². The van der Waals surface area contributed by atoms with E-state index in [4.69, 9.17) is 10.5 Å². The summed E-state index contributed by atoms with van der Waals surface area (Å²) in [4.78, 5) is 0. The number of benzene rings is 1. The lowest BCUT2D eigenvalue weighted by atomic mass is 9.96. The van der Waals surface area contributed by atoms with Gasteiger partial charge in [0.05, 0.1) is 5.69 Å². The first kappa shape index (κ1) is 13.4. The van der Waals surface area contributed by atoms with Crippen molar-refractivity contribution in [1.82, 2.24) is 0 Å². The maximum Gasteiger partial charge on any atom is 0.142 e. The Morgan fingerprint density at radius 2 is 1.69 bits per heavy atom. The quantitative estimate of drug-likeness (QED) is 0.846. The van der Waals surface area contributed by atoms with Gasteiger partial charge in [-0.15, -0.1) is 0 Å². The van der Waals surface area contributed by atoms with Crippen LogP contribution in [0.3, 0.4) is 0 Å². The number of hydrogen-bond donors (Lipinski definition) is 1. The fourth-order valence-electron chi connectivity index (χ4n) is 1.82. The fraction of sp³-hybridized carbons (Fsp3) is 0.538. The molecule has 0 fully saturated rings. The highest BCUT2D eigenvalue weighted by Crippen LogP contribution is 2.29. The number of ether oxygens (including phenoxy) is 1. The van der Waals surface area contributed by atoms with Crippen LogP contribution < -0.4 is 10.5 Å². The largest absolute Gasteiger partial charge is 0.488 e. The van der Waals surface area contributed by atoms with Crippen LogP contribution in [0.25, 0.3) is 0 Å². The van der Waals surface area contributed by atoms with Crippen molar-refractivity contribution in [3.8, 4) is 5.75 Å². The van der Waals surface area contributed by atoms with Crippen molar-refractivity contribution >= 4 is 21.6 Å². The zero-order valence-electron chi connectivity index (χ0n) is 10.3. The maximum atomic E-state index is 5.98. The van der Waals surface area contributed by atoms with Crippen LogP contribution in [-0.4, -0.2) is 6.10 Å². The molecular weight excluding hydrogens is 266 g/mol. The van der Waals surface area contributed by atoms with Gasteiger partial charge in [-0.1, -0.05) is 43.6 Å². The summed E-state index contributed by atoms with van der Waals surface area (Å²) in [5.74, 6) is 1.72. The molecule has 0 heterocycles. The summed E-state index contributed by atoms with van der Waals surface area (Å²) in [6.45, 7) is 8.67. The van der Waals surface area contributed by atoms with Crippen molar-refractivity contribution < 1.29 is 4.74 Å². The predicted molar refractivity (Wildman–Crippen MR) is 72.6 cm³/mol. The maximum absolute atomic E-state index is 5.98. The van der Waals surface area contributed by atoms with Crippen LogP contribution in [0.4, 0.5) is 5.69 Å². The van der Waals surface area contributed by atoms with E-state index in [1.54, 1.807) is 0 Å². The highest BCUT2D eigenvalue weighted by atomic mass is 79.9. The minimum absolute atomic E-state index is 0.198. The lowest BCUT2D eigenvalue weighted by molar-refractivity contribution is 0.106. The van der Waals surface area contributed by atoms with Gasteiger partial charge in [-0.3, -0.25) is 0 Å². The standard InChI is InChI=1S/C13H20BrNO/c1-8(2)13(9(3)4)16-12-6-5-10(14)7-11(12)15/h5-9,13H,15H2,1-4H3. The number of rotatable bonds is 4. The lowest BCUT2D eigenvalue weighted by Crippen LogP contribution is -2.29. The van der Waals surface area contributed by atoms with Crippen LogP contribution in [-0.2, 0) is 0 Å². The van der Waals surface area contributed by atoms with Crippen molar-refractivity contribution in [3.05, 3.63) is 22.7 Å². The molecule has 0 aliphatic rings. The minimum atomic E-state index is 0.198. The van der Waals surface area contributed by atoms with Gasteiger partial charge < -0.3 is 10.5 Å². The third-order valence-corrected chi connectivity index (χ3v) is 3.04. The molecule has 1 aromatic rings. The summed E-state index contributed by atoms with van der Waals surface area (Å²) in [6, 6.07) is 5.73. The summed E-state index contributed by atoms with van der Waals surface area (Å²) in [7, 11) is 0. The van der Waals surface area contributed by atoms with E-state index in [2.05, 4.69) is 43.6 Å². The Bertz CT molecular complexity index is 342. The minimum Gasteiger partial charge on any atom is -0.488 e. The first-order valence-electron chi connectivity index (χ1n) is 5.63. The van der Waals surface area contributed by atoms with Gasteiger partial charge >= 0.3 is 0 Å². The van der Waals surface area contributed by atoms with E-state index in [-0.39, 0.29) is 6.10 Å².